The van der Waals surface area contributed by atoms with Crippen molar-refractivity contribution in [2.45, 2.75) is 57.2 Å². The van der Waals surface area contributed by atoms with Crippen LogP contribution in [0.3, 0.4) is 0 Å². The molecule has 1 heterocycles. The number of likely N-dealkylation sites (N-methyl/N-ethyl adjacent to an activating group) is 1. The molecule has 0 saturated carbocycles. The van der Waals surface area contributed by atoms with Crippen molar-refractivity contribution in [3.05, 3.63) is 77.9 Å². The number of carbonyl (C=O) groups is 2. The van der Waals surface area contributed by atoms with Crippen molar-refractivity contribution in [1.29, 1.82) is 0 Å². The second-order valence-electron chi connectivity index (χ2n) is 9.13. The van der Waals surface area contributed by atoms with Crippen LogP contribution in [0.4, 0.5) is 5.69 Å². The number of nitrogens with zero attached hydrogens (tertiary/aromatic N) is 1. The Kier molecular flexibility index (Phi) is 10.6. The second kappa shape index (κ2) is 13.9. The molecule has 1 aliphatic heterocycles. The summed E-state index contributed by atoms with van der Waals surface area (Å²) in [6.45, 7) is 5.29. The molecule has 0 aromatic heterocycles. The number of hydrogen-bond donors (Lipinski definition) is 3. The highest BCUT2D eigenvalue weighted by atomic mass is 16.7. The maximum absolute atomic E-state index is 12.2. The van der Waals surface area contributed by atoms with Crippen LogP contribution in [0.2, 0.25) is 0 Å². The number of carboxylic acids is 1. The van der Waals surface area contributed by atoms with Gasteiger partial charge in [0.1, 0.15) is 0 Å². The zero-order valence-corrected chi connectivity index (χ0v) is 20.8. The first-order valence-electron chi connectivity index (χ1n) is 12.3. The van der Waals surface area contributed by atoms with E-state index in [0.29, 0.717) is 24.9 Å². The van der Waals surface area contributed by atoms with Gasteiger partial charge in [-0.1, -0.05) is 42.5 Å². The fraction of sp³-hybridized carbons (Fsp3) is 0.429. The standard InChI is InChI=1S/C28H36N2O6/c1-3-16-30(2)18-24-17-25(21-10-8-20(19-31)9-11-21)36-28(35-24)22-12-14-23(15-13-22)29-26(32)6-4-5-7-27(33)34/h3,8-15,24-25,28,31H,1,4-7,16-19H2,2H3,(H,29,32)(H,33,34)/t24-,25+,28+/m0/s1. The molecule has 0 radical (unpaired) electrons. The van der Waals surface area contributed by atoms with E-state index in [9.17, 15) is 14.7 Å². The van der Waals surface area contributed by atoms with Gasteiger partial charge in [-0.25, -0.2) is 0 Å². The van der Waals surface area contributed by atoms with Crippen molar-refractivity contribution < 1.29 is 29.3 Å². The molecule has 1 saturated heterocycles. The summed E-state index contributed by atoms with van der Waals surface area (Å²) in [6.07, 6.45) is 3.14. The molecular weight excluding hydrogens is 460 g/mol. The Bertz CT molecular complexity index is 992. The van der Waals surface area contributed by atoms with Crippen LogP contribution in [0.1, 0.15) is 61.2 Å². The highest BCUT2D eigenvalue weighted by molar-refractivity contribution is 5.90. The van der Waals surface area contributed by atoms with Crippen LogP contribution in [0, 0.1) is 0 Å². The molecule has 3 atom stereocenters. The van der Waals surface area contributed by atoms with Crippen LogP contribution in [0.25, 0.3) is 0 Å². The van der Waals surface area contributed by atoms with E-state index in [1.54, 1.807) is 0 Å². The third-order valence-electron chi connectivity index (χ3n) is 6.08. The number of aliphatic hydroxyl groups excluding tert-OH is 1. The van der Waals surface area contributed by atoms with E-state index in [1.165, 1.54) is 0 Å². The van der Waals surface area contributed by atoms with Gasteiger partial charge in [-0.2, -0.15) is 0 Å². The third-order valence-corrected chi connectivity index (χ3v) is 6.08. The van der Waals surface area contributed by atoms with Gasteiger partial charge in [-0.3, -0.25) is 9.59 Å². The van der Waals surface area contributed by atoms with Gasteiger partial charge in [-0.05, 0) is 43.1 Å². The molecule has 0 spiro atoms. The van der Waals surface area contributed by atoms with Crippen LogP contribution in [0.15, 0.2) is 61.2 Å². The normalized spacial score (nSPS) is 19.7. The summed E-state index contributed by atoms with van der Waals surface area (Å²) < 4.78 is 12.7. The lowest BCUT2D eigenvalue weighted by molar-refractivity contribution is -0.252. The summed E-state index contributed by atoms with van der Waals surface area (Å²) in [4.78, 5) is 24.9. The molecule has 1 amide bonds. The predicted molar refractivity (Wildman–Crippen MR) is 137 cm³/mol. The van der Waals surface area contributed by atoms with E-state index in [-0.39, 0.29) is 37.6 Å². The molecule has 194 valence electrons. The smallest absolute Gasteiger partial charge is 0.303 e. The minimum Gasteiger partial charge on any atom is -0.481 e. The summed E-state index contributed by atoms with van der Waals surface area (Å²) in [5, 5.41) is 20.9. The highest BCUT2D eigenvalue weighted by Crippen LogP contribution is 2.38. The Balaban J connectivity index is 1.66. The molecule has 8 nitrogen and oxygen atoms in total. The first-order valence-corrected chi connectivity index (χ1v) is 12.3. The quantitative estimate of drug-likeness (QED) is 0.278. The number of benzene rings is 2. The van der Waals surface area contributed by atoms with E-state index < -0.39 is 12.3 Å². The van der Waals surface area contributed by atoms with E-state index >= 15 is 0 Å². The van der Waals surface area contributed by atoms with Gasteiger partial charge in [-0.15, -0.1) is 6.58 Å². The number of aliphatic carboxylic acids is 1. The van der Waals surface area contributed by atoms with Crippen LogP contribution < -0.4 is 5.32 Å². The number of unbranched alkanes of at least 4 members (excludes halogenated alkanes) is 1. The third kappa shape index (κ3) is 8.57. The fourth-order valence-electron chi connectivity index (χ4n) is 4.18. The summed E-state index contributed by atoms with van der Waals surface area (Å²) in [5.74, 6) is -0.993. The van der Waals surface area contributed by atoms with Crippen LogP contribution >= 0.6 is 0 Å². The van der Waals surface area contributed by atoms with Gasteiger partial charge in [0.15, 0.2) is 6.29 Å². The number of anilines is 1. The second-order valence-corrected chi connectivity index (χ2v) is 9.13. The molecule has 0 bridgehead atoms. The first kappa shape index (κ1) is 27.5. The van der Waals surface area contributed by atoms with Crippen LogP contribution in [-0.4, -0.2) is 53.2 Å². The Morgan fingerprint density at radius 3 is 2.36 bits per heavy atom. The molecule has 0 aliphatic carbocycles. The number of nitrogens with one attached hydrogen (secondary N) is 1. The summed E-state index contributed by atoms with van der Waals surface area (Å²) in [7, 11) is 2.03. The van der Waals surface area contributed by atoms with Gasteiger partial charge in [0.25, 0.3) is 0 Å². The van der Waals surface area contributed by atoms with Gasteiger partial charge < -0.3 is 29.9 Å². The Hall–Kier alpha value is -3.04. The van der Waals surface area contributed by atoms with E-state index in [0.717, 1.165) is 29.8 Å². The summed E-state index contributed by atoms with van der Waals surface area (Å²) in [5.41, 5.74) is 3.39. The lowest BCUT2D eigenvalue weighted by atomic mass is 9.99. The summed E-state index contributed by atoms with van der Waals surface area (Å²) in [6, 6.07) is 15.2. The van der Waals surface area contributed by atoms with Crippen molar-refractivity contribution in [1.82, 2.24) is 4.90 Å². The molecule has 1 aliphatic rings. The Morgan fingerprint density at radius 2 is 1.72 bits per heavy atom. The molecular formula is C28H36N2O6. The van der Waals surface area contributed by atoms with Crippen LogP contribution in [0.5, 0.6) is 0 Å². The maximum Gasteiger partial charge on any atom is 0.303 e. The average molecular weight is 497 g/mol. The Labute approximate surface area is 212 Å². The minimum absolute atomic E-state index is 0.00225. The number of carbonyl (C=O) groups excluding carboxylic acids is 1. The fourth-order valence-corrected chi connectivity index (χ4v) is 4.18. The number of carboxylic acid groups (broad SMARTS) is 1. The lowest BCUT2D eigenvalue weighted by Crippen LogP contribution is -2.37. The number of amides is 1. The molecule has 1 fully saturated rings. The topological polar surface area (TPSA) is 108 Å². The molecule has 2 aromatic rings. The minimum atomic E-state index is -0.850. The van der Waals surface area contributed by atoms with Crippen molar-refractivity contribution in [2.24, 2.45) is 0 Å². The average Bonchev–Trinajstić information content (AvgIpc) is 2.87. The van der Waals surface area contributed by atoms with Gasteiger partial charge >= 0.3 is 5.97 Å². The number of ether oxygens (including phenoxy) is 2. The van der Waals surface area contributed by atoms with Crippen LogP contribution in [-0.2, 0) is 25.7 Å². The van der Waals surface area contributed by atoms with Gasteiger partial charge in [0.05, 0.1) is 18.8 Å². The highest BCUT2D eigenvalue weighted by Gasteiger charge is 2.32. The van der Waals surface area contributed by atoms with Gasteiger partial charge in [0.2, 0.25) is 5.91 Å². The molecule has 2 aromatic carbocycles. The molecule has 0 unspecified atom stereocenters. The SMILES string of the molecule is C=CCN(C)C[C@@H]1C[C@H](c2ccc(CO)cc2)O[C@H](c2ccc(NC(=O)CCCCC(=O)O)cc2)O1. The maximum atomic E-state index is 12.2. The van der Waals surface area contributed by atoms with Gasteiger partial charge in [0, 0.05) is 43.6 Å². The molecule has 36 heavy (non-hydrogen) atoms. The molecule has 8 heteroatoms. The summed E-state index contributed by atoms with van der Waals surface area (Å²) >= 11 is 0. The zero-order chi connectivity index (χ0) is 25.9. The predicted octanol–water partition coefficient (Wildman–Crippen LogP) is 4.43. The number of rotatable bonds is 13. The van der Waals surface area contributed by atoms with Crippen molar-refractivity contribution >= 4 is 17.6 Å². The van der Waals surface area contributed by atoms with E-state index in [4.69, 9.17) is 14.6 Å². The molecule has 3 N–H and O–H groups in total. The number of aliphatic hydroxyl groups is 1. The van der Waals surface area contributed by atoms with Crippen molar-refractivity contribution in [3.63, 3.8) is 0 Å². The zero-order valence-electron chi connectivity index (χ0n) is 20.8. The van der Waals surface area contributed by atoms with Crippen molar-refractivity contribution in [3.8, 4) is 0 Å². The molecule has 3 rings (SSSR count). The van der Waals surface area contributed by atoms with E-state index in [1.807, 2.05) is 61.7 Å². The largest absolute Gasteiger partial charge is 0.481 e. The van der Waals surface area contributed by atoms with Crippen molar-refractivity contribution in [2.75, 3.05) is 25.5 Å². The lowest BCUT2D eigenvalue weighted by Gasteiger charge is -2.37. The monoisotopic (exact) mass is 496 g/mol. The Morgan fingerprint density at radius 1 is 1.06 bits per heavy atom. The van der Waals surface area contributed by atoms with E-state index in [2.05, 4.69) is 16.8 Å². The first-order chi connectivity index (χ1) is 17.4. The number of hydrogen-bond acceptors (Lipinski definition) is 6.